The van der Waals surface area contributed by atoms with Crippen molar-refractivity contribution in [3.63, 3.8) is 0 Å². The lowest BCUT2D eigenvalue weighted by Gasteiger charge is -2.09. The van der Waals surface area contributed by atoms with Crippen molar-refractivity contribution in [1.29, 1.82) is 0 Å². The summed E-state index contributed by atoms with van der Waals surface area (Å²) in [4.78, 5) is 11.8. The van der Waals surface area contributed by atoms with Crippen LogP contribution in [0.2, 0.25) is 0 Å². The number of hydrogen-bond donors (Lipinski definition) is 1. The fourth-order valence-electron chi connectivity index (χ4n) is 2.54. The Hall–Kier alpha value is -2.40. The highest BCUT2D eigenvalue weighted by Gasteiger charge is 2.17. The van der Waals surface area contributed by atoms with Crippen LogP contribution in [0.3, 0.4) is 0 Å². The van der Waals surface area contributed by atoms with Crippen LogP contribution in [0.1, 0.15) is 16.1 Å². The number of nitrogens with two attached hydrogens (primary N) is 1. The van der Waals surface area contributed by atoms with E-state index in [2.05, 4.69) is 10.2 Å². The van der Waals surface area contributed by atoms with Crippen molar-refractivity contribution >= 4 is 32.2 Å². The lowest BCUT2D eigenvalue weighted by atomic mass is 10.2. The molecule has 0 saturated carbocycles. The number of nitrogens with zero attached hydrogens (tertiary/aromatic N) is 1. The van der Waals surface area contributed by atoms with Crippen LogP contribution in [0, 0.1) is 5.82 Å². The molecule has 5 heteroatoms. The summed E-state index contributed by atoms with van der Waals surface area (Å²) in [5.74, 6) is -0.823. The van der Waals surface area contributed by atoms with E-state index in [4.69, 9.17) is 5.73 Å². The molecule has 3 radical (unpaired) electrons. The number of benzene rings is 2. The van der Waals surface area contributed by atoms with Gasteiger partial charge in [0.15, 0.2) is 0 Å². The zero-order valence-corrected chi connectivity index (χ0v) is 12.1. The third-order valence-corrected chi connectivity index (χ3v) is 3.94. The van der Waals surface area contributed by atoms with Gasteiger partial charge >= 0.3 is 0 Å². The van der Waals surface area contributed by atoms with Crippen molar-refractivity contribution in [2.75, 3.05) is 0 Å². The summed E-state index contributed by atoms with van der Waals surface area (Å²) in [5, 5.41) is 1.56. The third kappa shape index (κ3) is 2.36. The second kappa shape index (κ2) is 5.18. The van der Waals surface area contributed by atoms with Crippen LogP contribution < -0.4 is 10.9 Å². The first-order valence-electron chi connectivity index (χ1n) is 6.45. The van der Waals surface area contributed by atoms with E-state index in [1.165, 1.54) is 12.1 Å². The number of rotatable bonds is 3. The van der Waals surface area contributed by atoms with Gasteiger partial charge < -0.3 is 10.3 Å². The Kier molecular flexibility index (Phi) is 3.35. The summed E-state index contributed by atoms with van der Waals surface area (Å²) in [5.41, 5.74) is 7.53. The van der Waals surface area contributed by atoms with Gasteiger partial charge in [-0.15, -0.1) is 0 Å². The first kappa shape index (κ1) is 13.6. The number of amides is 1. The van der Waals surface area contributed by atoms with E-state index in [-0.39, 0.29) is 5.82 Å². The minimum atomic E-state index is -0.521. The van der Waals surface area contributed by atoms with Crippen molar-refractivity contribution in [3.05, 3.63) is 65.6 Å². The Morgan fingerprint density at radius 2 is 1.95 bits per heavy atom. The molecule has 0 spiro atoms. The van der Waals surface area contributed by atoms with Crippen molar-refractivity contribution in [1.82, 2.24) is 4.57 Å². The topological polar surface area (TPSA) is 48.0 Å². The van der Waals surface area contributed by atoms with Crippen molar-refractivity contribution < 1.29 is 9.18 Å². The van der Waals surface area contributed by atoms with E-state index in [9.17, 15) is 9.18 Å². The molecule has 21 heavy (non-hydrogen) atoms. The normalized spacial score (nSPS) is 11.0. The Bertz CT molecular complexity index is 841. The monoisotopic (exact) mass is 295 g/mol. The third-order valence-electron chi connectivity index (χ3n) is 3.43. The van der Waals surface area contributed by atoms with Crippen LogP contribution in [-0.2, 0) is 6.54 Å². The van der Waals surface area contributed by atoms with Crippen LogP contribution in [-0.4, -0.2) is 20.7 Å². The number of carbonyl (C=O) groups is 1. The van der Waals surface area contributed by atoms with Gasteiger partial charge in [-0.2, -0.15) is 0 Å². The molecule has 0 fully saturated rings. The summed E-state index contributed by atoms with van der Waals surface area (Å²) >= 11 is 0. The van der Waals surface area contributed by atoms with Crippen LogP contribution in [0.5, 0.6) is 0 Å². The molecular formula is C16H12FN2OSi. The molecule has 0 atom stereocenters. The smallest absolute Gasteiger partial charge is 0.265 e. The SMILES string of the molecule is NC(=O)c1c([Si])c2ccccc2n1Cc1cccc(F)c1. The van der Waals surface area contributed by atoms with Gasteiger partial charge in [-0.05, 0) is 34.3 Å². The molecule has 103 valence electrons. The minimum Gasteiger partial charge on any atom is -0.364 e. The molecule has 3 nitrogen and oxygen atoms in total. The first-order valence-corrected chi connectivity index (χ1v) is 6.95. The number of para-hydroxylation sites is 1. The van der Waals surface area contributed by atoms with Gasteiger partial charge in [-0.25, -0.2) is 4.39 Å². The van der Waals surface area contributed by atoms with Crippen LogP contribution in [0.25, 0.3) is 10.9 Å². The number of aromatic nitrogens is 1. The quantitative estimate of drug-likeness (QED) is 0.735. The van der Waals surface area contributed by atoms with Crippen molar-refractivity contribution in [2.45, 2.75) is 6.54 Å². The number of carbonyl (C=O) groups excluding carboxylic acids is 1. The molecule has 1 aromatic heterocycles. The van der Waals surface area contributed by atoms with E-state index in [0.717, 1.165) is 16.5 Å². The molecule has 3 rings (SSSR count). The molecule has 0 bridgehead atoms. The van der Waals surface area contributed by atoms with Crippen molar-refractivity contribution in [2.24, 2.45) is 5.73 Å². The second-order valence-electron chi connectivity index (χ2n) is 4.82. The molecular weight excluding hydrogens is 283 g/mol. The molecule has 0 unspecified atom stereocenters. The zero-order valence-electron chi connectivity index (χ0n) is 11.1. The standard InChI is InChI=1S/C16H12FN2OSi/c17-11-5-3-4-10(8-11)9-19-13-7-2-1-6-12(13)15(21)14(19)16(18)20/h1-8H,9H2,(H2,18,20). The Morgan fingerprint density at radius 1 is 1.19 bits per heavy atom. The molecule has 1 amide bonds. The van der Waals surface area contributed by atoms with E-state index < -0.39 is 5.91 Å². The Labute approximate surface area is 124 Å². The van der Waals surface area contributed by atoms with E-state index >= 15 is 0 Å². The first-order chi connectivity index (χ1) is 10.1. The van der Waals surface area contributed by atoms with E-state index in [1.807, 2.05) is 30.3 Å². The zero-order chi connectivity index (χ0) is 15.0. The highest BCUT2D eigenvalue weighted by molar-refractivity contribution is 6.42. The maximum atomic E-state index is 13.3. The maximum absolute atomic E-state index is 13.3. The summed E-state index contributed by atoms with van der Waals surface area (Å²) in [6.07, 6.45) is 0. The average Bonchev–Trinajstić information content (AvgIpc) is 2.73. The lowest BCUT2D eigenvalue weighted by Crippen LogP contribution is -2.25. The predicted molar refractivity (Wildman–Crippen MR) is 81.3 cm³/mol. The Morgan fingerprint density at radius 3 is 2.67 bits per heavy atom. The molecule has 0 aliphatic rings. The van der Waals surface area contributed by atoms with Crippen LogP contribution >= 0.6 is 0 Å². The second-order valence-corrected chi connectivity index (χ2v) is 5.32. The van der Waals surface area contributed by atoms with Gasteiger partial charge in [0.2, 0.25) is 0 Å². The minimum absolute atomic E-state index is 0.303. The Balaban J connectivity index is 2.21. The molecule has 2 N–H and O–H groups in total. The number of primary amides is 1. The molecule has 1 heterocycles. The van der Waals surface area contributed by atoms with Gasteiger partial charge in [-0.3, -0.25) is 4.79 Å². The molecule has 2 aromatic carbocycles. The number of hydrogen-bond acceptors (Lipinski definition) is 1. The van der Waals surface area contributed by atoms with Gasteiger partial charge in [-0.1, -0.05) is 30.3 Å². The van der Waals surface area contributed by atoms with Crippen LogP contribution in [0.15, 0.2) is 48.5 Å². The summed E-state index contributed by atoms with van der Waals surface area (Å²) in [6, 6.07) is 13.9. The molecule has 0 aliphatic carbocycles. The summed E-state index contributed by atoms with van der Waals surface area (Å²) < 4.78 is 15.1. The van der Waals surface area contributed by atoms with Gasteiger partial charge in [0.25, 0.3) is 5.91 Å². The summed E-state index contributed by atoms with van der Waals surface area (Å²) in [6.45, 7) is 0.376. The number of fused-ring (bicyclic) bond motifs is 1. The average molecular weight is 295 g/mol. The largest absolute Gasteiger partial charge is 0.364 e. The maximum Gasteiger partial charge on any atom is 0.265 e. The molecule has 3 aromatic rings. The molecule has 0 aliphatic heterocycles. The fourth-order valence-corrected chi connectivity index (χ4v) is 3.01. The van der Waals surface area contributed by atoms with Gasteiger partial charge in [0, 0.05) is 12.1 Å². The number of halogens is 1. The van der Waals surface area contributed by atoms with Gasteiger partial charge in [0.05, 0.1) is 10.2 Å². The van der Waals surface area contributed by atoms with Crippen LogP contribution in [0.4, 0.5) is 4.39 Å². The fraction of sp³-hybridized carbons (Fsp3) is 0.0625. The molecule has 0 saturated heterocycles. The predicted octanol–water partition coefficient (Wildman–Crippen LogP) is 1.72. The van der Waals surface area contributed by atoms with E-state index in [0.29, 0.717) is 17.4 Å². The highest BCUT2D eigenvalue weighted by atomic mass is 28.1. The lowest BCUT2D eigenvalue weighted by molar-refractivity contribution is 0.0993. The highest BCUT2D eigenvalue weighted by Crippen LogP contribution is 2.19. The van der Waals surface area contributed by atoms with Gasteiger partial charge in [0.1, 0.15) is 11.5 Å². The summed E-state index contributed by atoms with van der Waals surface area (Å²) in [7, 11) is 3.49. The van der Waals surface area contributed by atoms with E-state index in [1.54, 1.807) is 10.6 Å². The van der Waals surface area contributed by atoms with Crippen molar-refractivity contribution in [3.8, 4) is 0 Å².